The Morgan fingerprint density at radius 3 is 2.48 bits per heavy atom. The van der Waals surface area contributed by atoms with E-state index >= 15 is 0 Å². The number of morpholine rings is 1. The summed E-state index contributed by atoms with van der Waals surface area (Å²) < 4.78 is 11.0. The zero-order chi connectivity index (χ0) is 15.2. The topological polar surface area (TPSA) is 45.2 Å². The van der Waals surface area contributed by atoms with Crippen molar-refractivity contribution in [3.63, 3.8) is 0 Å². The Balaban J connectivity index is 1.72. The number of hydrogen-bond acceptors (Lipinski definition) is 5. The minimum atomic E-state index is -0.274. The van der Waals surface area contributed by atoms with Crippen LogP contribution in [0, 0.1) is 5.92 Å². The molecule has 0 radical (unpaired) electrons. The average Bonchev–Trinajstić information content (AvgIpc) is 2.37. The van der Waals surface area contributed by atoms with Crippen LogP contribution in [0.25, 0.3) is 0 Å². The minimum Gasteiger partial charge on any atom is -0.390 e. The van der Waals surface area contributed by atoms with Gasteiger partial charge in [0, 0.05) is 39.8 Å². The van der Waals surface area contributed by atoms with Crippen LogP contribution in [0.15, 0.2) is 0 Å². The van der Waals surface area contributed by atoms with Gasteiger partial charge >= 0.3 is 0 Å². The molecule has 2 saturated heterocycles. The molecule has 2 aliphatic heterocycles. The summed E-state index contributed by atoms with van der Waals surface area (Å²) in [6.45, 7) is 10.6. The SMILES string of the molecule is COCC1CCCN(CC(O)CN2CC(C)OC(C)C2)C1. The number of aliphatic hydroxyl groups excluding tert-OH is 1. The highest BCUT2D eigenvalue weighted by atomic mass is 16.5. The molecule has 0 spiro atoms. The Labute approximate surface area is 129 Å². The lowest BCUT2D eigenvalue weighted by Crippen LogP contribution is -2.50. The minimum absolute atomic E-state index is 0.266. The smallest absolute Gasteiger partial charge is 0.0793 e. The van der Waals surface area contributed by atoms with Gasteiger partial charge in [-0.3, -0.25) is 4.90 Å². The molecule has 2 fully saturated rings. The van der Waals surface area contributed by atoms with E-state index < -0.39 is 0 Å². The maximum Gasteiger partial charge on any atom is 0.0793 e. The lowest BCUT2D eigenvalue weighted by atomic mass is 9.98. The summed E-state index contributed by atoms with van der Waals surface area (Å²) in [5.41, 5.74) is 0. The number of aliphatic hydroxyl groups is 1. The van der Waals surface area contributed by atoms with Crippen LogP contribution in [0.4, 0.5) is 0 Å². The van der Waals surface area contributed by atoms with Crippen LogP contribution in [0.3, 0.4) is 0 Å². The molecule has 5 nitrogen and oxygen atoms in total. The van der Waals surface area contributed by atoms with Crippen molar-refractivity contribution in [3.05, 3.63) is 0 Å². The molecule has 2 aliphatic rings. The van der Waals surface area contributed by atoms with Crippen molar-refractivity contribution in [2.45, 2.75) is 45.0 Å². The second-order valence-electron chi connectivity index (χ2n) is 6.85. The second-order valence-corrected chi connectivity index (χ2v) is 6.85. The maximum atomic E-state index is 10.4. The van der Waals surface area contributed by atoms with Crippen LogP contribution in [0.2, 0.25) is 0 Å². The molecule has 1 N–H and O–H groups in total. The van der Waals surface area contributed by atoms with Gasteiger partial charge in [0.05, 0.1) is 24.9 Å². The van der Waals surface area contributed by atoms with E-state index in [1.807, 2.05) is 0 Å². The Hall–Kier alpha value is -0.200. The van der Waals surface area contributed by atoms with E-state index in [2.05, 4.69) is 23.6 Å². The third-order valence-corrected chi connectivity index (χ3v) is 4.44. The third kappa shape index (κ3) is 5.83. The zero-order valence-electron chi connectivity index (χ0n) is 13.8. The van der Waals surface area contributed by atoms with Crippen molar-refractivity contribution in [2.24, 2.45) is 5.92 Å². The number of methoxy groups -OCH3 is 1. The second kappa shape index (κ2) is 8.44. The van der Waals surface area contributed by atoms with Gasteiger partial charge in [-0.1, -0.05) is 0 Å². The summed E-state index contributed by atoms with van der Waals surface area (Å²) in [5.74, 6) is 0.624. The molecule has 0 aromatic heterocycles. The van der Waals surface area contributed by atoms with Crippen molar-refractivity contribution >= 4 is 0 Å². The highest BCUT2D eigenvalue weighted by Crippen LogP contribution is 2.17. The molecule has 0 bridgehead atoms. The Morgan fingerprint density at radius 2 is 1.81 bits per heavy atom. The predicted octanol–water partition coefficient (Wildman–Crippen LogP) is 0.815. The first kappa shape index (κ1) is 17.2. The van der Waals surface area contributed by atoms with Crippen molar-refractivity contribution in [2.75, 3.05) is 53.0 Å². The molecule has 0 aliphatic carbocycles. The fourth-order valence-corrected chi connectivity index (χ4v) is 3.78. The van der Waals surface area contributed by atoms with Gasteiger partial charge in [-0.2, -0.15) is 0 Å². The molecule has 4 unspecified atom stereocenters. The summed E-state index contributed by atoms with van der Waals surface area (Å²) in [4.78, 5) is 4.73. The first-order chi connectivity index (χ1) is 10.1. The molecule has 124 valence electrons. The summed E-state index contributed by atoms with van der Waals surface area (Å²) in [5, 5.41) is 10.4. The number of hydrogen-bond donors (Lipinski definition) is 1. The van der Waals surface area contributed by atoms with Crippen LogP contribution < -0.4 is 0 Å². The molecule has 0 aromatic carbocycles. The van der Waals surface area contributed by atoms with Crippen molar-refractivity contribution in [1.29, 1.82) is 0 Å². The molecule has 0 saturated carbocycles. The fourth-order valence-electron chi connectivity index (χ4n) is 3.78. The van der Waals surface area contributed by atoms with Crippen LogP contribution in [0.1, 0.15) is 26.7 Å². The van der Waals surface area contributed by atoms with Gasteiger partial charge in [-0.15, -0.1) is 0 Å². The molecular formula is C16H32N2O3. The van der Waals surface area contributed by atoms with Crippen LogP contribution >= 0.6 is 0 Å². The number of β-amino-alcohol motifs (C(OH)–C–C–N with tert-alkyl or cyclic N) is 1. The van der Waals surface area contributed by atoms with E-state index in [0.29, 0.717) is 5.92 Å². The molecule has 5 heteroatoms. The third-order valence-electron chi connectivity index (χ3n) is 4.44. The highest BCUT2D eigenvalue weighted by molar-refractivity contribution is 4.79. The number of piperidine rings is 1. The van der Waals surface area contributed by atoms with E-state index in [1.165, 1.54) is 12.8 Å². The lowest BCUT2D eigenvalue weighted by Gasteiger charge is -2.38. The number of rotatable bonds is 6. The van der Waals surface area contributed by atoms with Crippen LogP contribution in [0.5, 0.6) is 0 Å². The molecule has 2 rings (SSSR count). The van der Waals surface area contributed by atoms with E-state index in [9.17, 15) is 5.11 Å². The zero-order valence-corrected chi connectivity index (χ0v) is 13.8. The van der Waals surface area contributed by atoms with Crippen molar-refractivity contribution in [1.82, 2.24) is 9.80 Å². The fraction of sp³-hybridized carbons (Fsp3) is 1.00. The normalized spacial score (nSPS) is 34.0. The van der Waals surface area contributed by atoms with E-state index in [4.69, 9.17) is 9.47 Å². The maximum absolute atomic E-state index is 10.4. The molecule has 21 heavy (non-hydrogen) atoms. The highest BCUT2D eigenvalue weighted by Gasteiger charge is 2.26. The van der Waals surface area contributed by atoms with Gasteiger partial charge in [0.25, 0.3) is 0 Å². The van der Waals surface area contributed by atoms with Crippen molar-refractivity contribution in [3.8, 4) is 0 Å². The lowest BCUT2D eigenvalue weighted by molar-refractivity contribution is -0.0786. The standard InChI is InChI=1S/C16H32N2O3/c1-13-7-18(8-14(2)21-13)11-16(19)10-17-6-4-5-15(9-17)12-20-3/h13-16,19H,4-12H2,1-3H3. The van der Waals surface area contributed by atoms with Gasteiger partial charge in [0.1, 0.15) is 0 Å². The largest absolute Gasteiger partial charge is 0.390 e. The monoisotopic (exact) mass is 300 g/mol. The van der Waals surface area contributed by atoms with Crippen LogP contribution in [-0.4, -0.2) is 86.2 Å². The Kier molecular flexibility index (Phi) is 6.89. The molecule has 0 aromatic rings. The van der Waals surface area contributed by atoms with Gasteiger partial charge in [-0.05, 0) is 39.2 Å². The first-order valence-electron chi connectivity index (χ1n) is 8.34. The quantitative estimate of drug-likeness (QED) is 0.787. The molecular weight excluding hydrogens is 268 g/mol. The van der Waals surface area contributed by atoms with E-state index in [-0.39, 0.29) is 18.3 Å². The summed E-state index contributed by atoms with van der Waals surface area (Å²) in [6.07, 6.45) is 2.72. The average molecular weight is 300 g/mol. The first-order valence-corrected chi connectivity index (χ1v) is 8.34. The number of nitrogens with zero attached hydrogens (tertiary/aromatic N) is 2. The van der Waals surface area contributed by atoms with Gasteiger partial charge in [-0.25, -0.2) is 0 Å². The van der Waals surface area contributed by atoms with Crippen molar-refractivity contribution < 1.29 is 14.6 Å². The van der Waals surface area contributed by atoms with Gasteiger partial charge in [0.15, 0.2) is 0 Å². The molecule has 4 atom stereocenters. The summed E-state index contributed by atoms with van der Waals surface area (Å²) in [7, 11) is 1.77. The predicted molar refractivity (Wildman–Crippen MR) is 83.5 cm³/mol. The Bertz CT molecular complexity index is 291. The summed E-state index contributed by atoms with van der Waals surface area (Å²) in [6, 6.07) is 0. The van der Waals surface area contributed by atoms with Gasteiger partial charge in [0.2, 0.25) is 0 Å². The summed E-state index contributed by atoms with van der Waals surface area (Å²) >= 11 is 0. The number of ether oxygens (including phenoxy) is 2. The molecule has 2 heterocycles. The van der Waals surface area contributed by atoms with E-state index in [0.717, 1.165) is 45.9 Å². The van der Waals surface area contributed by atoms with Gasteiger partial charge < -0.3 is 19.5 Å². The Morgan fingerprint density at radius 1 is 1.14 bits per heavy atom. The molecule has 0 amide bonds. The number of likely N-dealkylation sites (tertiary alicyclic amines) is 1. The van der Waals surface area contributed by atoms with E-state index in [1.54, 1.807) is 7.11 Å². The van der Waals surface area contributed by atoms with Crippen LogP contribution in [-0.2, 0) is 9.47 Å².